The molecule has 1 aliphatic carbocycles. The molecule has 0 aromatic carbocycles. The van der Waals surface area contributed by atoms with Crippen LogP contribution in [0.3, 0.4) is 0 Å². The van der Waals surface area contributed by atoms with E-state index < -0.39 is 0 Å². The molecule has 18 heavy (non-hydrogen) atoms. The second kappa shape index (κ2) is 9.80. The average Bonchev–Trinajstić information content (AvgIpc) is 2.38. The lowest BCUT2D eigenvalue weighted by Gasteiger charge is -2.36. The van der Waals surface area contributed by atoms with Crippen molar-refractivity contribution in [2.75, 3.05) is 26.2 Å². The normalized spacial score (nSPS) is 24.7. The zero-order valence-corrected chi connectivity index (χ0v) is 12.9. The van der Waals surface area contributed by atoms with Gasteiger partial charge >= 0.3 is 0 Å². The molecule has 0 radical (unpaired) electrons. The van der Waals surface area contributed by atoms with E-state index in [1.54, 1.807) is 0 Å². The molecule has 0 spiro atoms. The molecule has 1 fully saturated rings. The highest BCUT2D eigenvalue weighted by molar-refractivity contribution is 4.83. The Labute approximate surface area is 115 Å². The van der Waals surface area contributed by atoms with E-state index in [0.29, 0.717) is 0 Å². The molecule has 1 rings (SSSR count). The predicted molar refractivity (Wildman–Crippen MR) is 81.1 cm³/mol. The highest BCUT2D eigenvalue weighted by Gasteiger charge is 2.25. The van der Waals surface area contributed by atoms with E-state index in [9.17, 15) is 0 Å². The van der Waals surface area contributed by atoms with Gasteiger partial charge in [0.25, 0.3) is 0 Å². The third-order valence-electron chi connectivity index (χ3n) is 4.14. The second-order valence-corrected chi connectivity index (χ2v) is 5.91. The zero-order chi connectivity index (χ0) is 13.2. The van der Waals surface area contributed by atoms with E-state index in [-0.39, 0.29) is 0 Å². The van der Waals surface area contributed by atoms with Gasteiger partial charge in [-0.05, 0) is 57.7 Å². The lowest BCUT2D eigenvalue weighted by Crippen LogP contribution is -2.44. The average molecular weight is 254 g/mol. The molecule has 2 unspecified atom stereocenters. The van der Waals surface area contributed by atoms with E-state index >= 15 is 0 Å². The third-order valence-corrected chi connectivity index (χ3v) is 4.14. The summed E-state index contributed by atoms with van der Waals surface area (Å²) >= 11 is 0. The van der Waals surface area contributed by atoms with Crippen molar-refractivity contribution in [3.05, 3.63) is 0 Å². The van der Waals surface area contributed by atoms with Gasteiger partial charge in [-0.3, -0.25) is 0 Å². The van der Waals surface area contributed by atoms with Crippen LogP contribution in [-0.2, 0) is 0 Å². The smallest absolute Gasteiger partial charge is 0.0107 e. The van der Waals surface area contributed by atoms with E-state index in [1.165, 1.54) is 71.1 Å². The molecule has 0 amide bonds. The fourth-order valence-corrected chi connectivity index (χ4v) is 3.28. The standard InChI is InChI=1S/C16H34N2/c1-4-11-17-16-10-8-7-9-15(16)14-18(12-5-2)13-6-3/h15-17H,4-14H2,1-3H3. The van der Waals surface area contributed by atoms with Crippen molar-refractivity contribution in [2.45, 2.75) is 71.8 Å². The van der Waals surface area contributed by atoms with Crippen LogP contribution in [0.4, 0.5) is 0 Å². The van der Waals surface area contributed by atoms with Crippen LogP contribution in [-0.4, -0.2) is 37.1 Å². The molecule has 0 aliphatic heterocycles. The Balaban J connectivity index is 2.42. The van der Waals surface area contributed by atoms with Crippen molar-refractivity contribution in [3.8, 4) is 0 Å². The summed E-state index contributed by atoms with van der Waals surface area (Å²) in [4.78, 5) is 2.69. The summed E-state index contributed by atoms with van der Waals surface area (Å²) in [7, 11) is 0. The fourth-order valence-electron chi connectivity index (χ4n) is 3.28. The van der Waals surface area contributed by atoms with Crippen molar-refractivity contribution in [1.82, 2.24) is 10.2 Å². The van der Waals surface area contributed by atoms with Gasteiger partial charge in [0.05, 0.1) is 0 Å². The lowest BCUT2D eigenvalue weighted by atomic mass is 9.84. The van der Waals surface area contributed by atoms with Crippen LogP contribution in [0, 0.1) is 5.92 Å². The number of hydrogen-bond donors (Lipinski definition) is 1. The Bertz CT molecular complexity index is 188. The van der Waals surface area contributed by atoms with Gasteiger partial charge in [0.1, 0.15) is 0 Å². The van der Waals surface area contributed by atoms with E-state index in [4.69, 9.17) is 0 Å². The van der Waals surface area contributed by atoms with E-state index in [1.807, 2.05) is 0 Å². The van der Waals surface area contributed by atoms with Gasteiger partial charge in [-0.2, -0.15) is 0 Å². The number of rotatable bonds is 9. The molecule has 0 aromatic heterocycles. The van der Waals surface area contributed by atoms with Crippen LogP contribution in [0.2, 0.25) is 0 Å². The summed E-state index contributed by atoms with van der Waals surface area (Å²) < 4.78 is 0. The third kappa shape index (κ3) is 5.71. The van der Waals surface area contributed by atoms with Crippen molar-refractivity contribution in [3.63, 3.8) is 0 Å². The first kappa shape index (κ1) is 16.0. The second-order valence-electron chi connectivity index (χ2n) is 5.91. The van der Waals surface area contributed by atoms with Gasteiger partial charge in [-0.25, -0.2) is 0 Å². The van der Waals surface area contributed by atoms with Crippen LogP contribution in [0.5, 0.6) is 0 Å². The first-order valence-electron chi connectivity index (χ1n) is 8.27. The van der Waals surface area contributed by atoms with Crippen molar-refractivity contribution >= 4 is 0 Å². The molecule has 2 heteroatoms. The Morgan fingerprint density at radius 2 is 1.61 bits per heavy atom. The van der Waals surface area contributed by atoms with Crippen LogP contribution in [0.15, 0.2) is 0 Å². The molecule has 0 saturated heterocycles. The van der Waals surface area contributed by atoms with Crippen molar-refractivity contribution < 1.29 is 0 Å². The lowest BCUT2D eigenvalue weighted by molar-refractivity contribution is 0.167. The summed E-state index contributed by atoms with van der Waals surface area (Å²) in [6.07, 6.45) is 9.55. The van der Waals surface area contributed by atoms with Gasteiger partial charge in [0.15, 0.2) is 0 Å². The first-order chi connectivity index (χ1) is 8.81. The first-order valence-corrected chi connectivity index (χ1v) is 8.27. The largest absolute Gasteiger partial charge is 0.314 e. The minimum absolute atomic E-state index is 0.787. The van der Waals surface area contributed by atoms with Crippen LogP contribution in [0.1, 0.15) is 65.7 Å². The van der Waals surface area contributed by atoms with Crippen molar-refractivity contribution in [1.29, 1.82) is 0 Å². The topological polar surface area (TPSA) is 15.3 Å². The fraction of sp³-hybridized carbons (Fsp3) is 1.00. The summed E-state index contributed by atoms with van der Waals surface area (Å²) in [6.45, 7) is 12.0. The predicted octanol–water partition coefficient (Wildman–Crippen LogP) is 3.67. The Kier molecular flexibility index (Phi) is 8.70. The van der Waals surface area contributed by atoms with Crippen LogP contribution in [0.25, 0.3) is 0 Å². The maximum absolute atomic E-state index is 3.78. The monoisotopic (exact) mass is 254 g/mol. The van der Waals surface area contributed by atoms with Crippen molar-refractivity contribution in [2.24, 2.45) is 5.92 Å². The van der Waals surface area contributed by atoms with E-state index in [2.05, 4.69) is 31.0 Å². The van der Waals surface area contributed by atoms with Gasteiger partial charge in [-0.15, -0.1) is 0 Å². The molecular weight excluding hydrogens is 220 g/mol. The molecule has 1 saturated carbocycles. The molecular formula is C16H34N2. The summed E-state index contributed by atoms with van der Waals surface area (Å²) in [5.74, 6) is 0.892. The molecule has 1 N–H and O–H groups in total. The van der Waals surface area contributed by atoms with Gasteiger partial charge < -0.3 is 10.2 Å². The Morgan fingerprint density at radius 1 is 0.944 bits per heavy atom. The van der Waals surface area contributed by atoms with Crippen LogP contribution < -0.4 is 5.32 Å². The minimum Gasteiger partial charge on any atom is -0.314 e. The zero-order valence-electron chi connectivity index (χ0n) is 12.9. The molecule has 2 atom stereocenters. The molecule has 2 nitrogen and oxygen atoms in total. The molecule has 0 bridgehead atoms. The molecule has 108 valence electrons. The number of nitrogens with one attached hydrogen (secondary N) is 1. The number of nitrogens with zero attached hydrogens (tertiary/aromatic N) is 1. The number of hydrogen-bond acceptors (Lipinski definition) is 2. The minimum atomic E-state index is 0.787. The maximum atomic E-state index is 3.78. The van der Waals surface area contributed by atoms with Crippen LogP contribution >= 0.6 is 0 Å². The van der Waals surface area contributed by atoms with E-state index in [0.717, 1.165) is 12.0 Å². The van der Waals surface area contributed by atoms with Gasteiger partial charge in [-0.1, -0.05) is 33.6 Å². The van der Waals surface area contributed by atoms with Gasteiger partial charge in [0.2, 0.25) is 0 Å². The Hall–Kier alpha value is -0.0800. The molecule has 1 aliphatic rings. The summed E-state index contributed by atoms with van der Waals surface area (Å²) in [5, 5.41) is 3.78. The highest BCUT2D eigenvalue weighted by atomic mass is 15.1. The summed E-state index contributed by atoms with van der Waals surface area (Å²) in [5.41, 5.74) is 0. The SMILES string of the molecule is CCCNC1CCCCC1CN(CCC)CCC. The summed E-state index contributed by atoms with van der Waals surface area (Å²) in [6, 6.07) is 0.787. The Morgan fingerprint density at radius 3 is 2.22 bits per heavy atom. The van der Waals surface area contributed by atoms with Gasteiger partial charge in [0, 0.05) is 12.6 Å². The molecule has 0 heterocycles. The molecule has 0 aromatic rings. The highest BCUT2D eigenvalue weighted by Crippen LogP contribution is 2.25. The quantitative estimate of drug-likeness (QED) is 0.675. The maximum Gasteiger partial charge on any atom is 0.0107 e.